The van der Waals surface area contributed by atoms with Crippen molar-refractivity contribution < 1.29 is 13.9 Å². The lowest BCUT2D eigenvalue weighted by Gasteiger charge is -2.05. The molecule has 0 spiro atoms. The maximum atomic E-state index is 5.83. The van der Waals surface area contributed by atoms with Crippen molar-refractivity contribution in [3.05, 3.63) is 42.2 Å². The Kier molecular flexibility index (Phi) is 2.75. The normalized spacial score (nSPS) is 12.6. The number of rotatable bonds is 2. The van der Waals surface area contributed by atoms with Gasteiger partial charge in [-0.3, -0.25) is 0 Å². The molecule has 0 fully saturated rings. The Labute approximate surface area is 126 Å². The van der Waals surface area contributed by atoms with Gasteiger partial charge in [0.1, 0.15) is 11.5 Å². The Bertz CT molecular complexity index is 858. The summed E-state index contributed by atoms with van der Waals surface area (Å²) in [6.07, 6.45) is 0. The van der Waals surface area contributed by atoms with E-state index in [4.69, 9.17) is 19.6 Å². The standard InChI is InChI=1S/C16H13N3O3/c1-9-2-4-13(22-9)12-7-11(18-16(17)19-12)10-3-5-14-15(6-10)21-8-20-14/h2-7H,8H2,1H3,(H2,17,18,19). The topological polar surface area (TPSA) is 83.4 Å². The highest BCUT2D eigenvalue weighted by molar-refractivity contribution is 5.69. The average molecular weight is 295 g/mol. The van der Waals surface area contributed by atoms with Gasteiger partial charge in [-0.05, 0) is 43.3 Å². The van der Waals surface area contributed by atoms with Crippen LogP contribution in [0.4, 0.5) is 5.95 Å². The van der Waals surface area contributed by atoms with Gasteiger partial charge in [0.05, 0.1) is 5.69 Å². The molecule has 4 rings (SSSR count). The molecular formula is C16H13N3O3. The molecule has 2 N–H and O–H groups in total. The number of benzene rings is 1. The van der Waals surface area contributed by atoms with E-state index in [2.05, 4.69) is 9.97 Å². The minimum absolute atomic E-state index is 0.194. The molecule has 0 saturated heterocycles. The van der Waals surface area contributed by atoms with Crippen LogP contribution in [-0.4, -0.2) is 16.8 Å². The van der Waals surface area contributed by atoms with Gasteiger partial charge in [0.2, 0.25) is 12.7 Å². The monoisotopic (exact) mass is 295 g/mol. The maximum absolute atomic E-state index is 5.83. The van der Waals surface area contributed by atoms with E-state index in [9.17, 15) is 0 Å². The molecule has 6 heteroatoms. The molecule has 0 bridgehead atoms. The summed E-state index contributed by atoms with van der Waals surface area (Å²) in [6.45, 7) is 2.12. The molecule has 1 aromatic carbocycles. The van der Waals surface area contributed by atoms with E-state index in [-0.39, 0.29) is 12.7 Å². The van der Waals surface area contributed by atoms with Crippen LogP contribution in [0.1, 0.15) is 5.76 Å². The molecule has 6 nitrogen and oxygen atoms in total. The van der Waals surface area contributed by atoms with Crippen LogP contribution < -0.4 is 15.2 Å². The van der Waals surface area contributed by atoms with Crippen LogP contribution in [-0.2, 0) is 0 Å². The first-order valence-corrected chi connectivity index (χ1v) is 6.80. The predicted octanol–water partition coefficient (Wildman–Crippen LogP) is 3.02. The molecule has 1 aliphatic rings. The molecule has 0 atom stereocenters. The molecular weight excluding hydrogens is 282 g/mol. The molecule has 0 amide bonds. The maximum Gasteiger partial charge on any atom is 0.231 e. The number of aryl methyl sites for hydroxylation is 1. The van der Waals surface area contributed by atoms with Crippen LogP contribution >= 0.6 is 0 Å². The predicted molar refractivity (Wildman–Crippen MR) is 80.4 cm³/mol. The molecule has 1 aliphatic heterocycles. The summed E-state index contributed by atoms with van der Waals surface area (Å²) in [4.78, 5) is 8.52. The number of hydrogen-bond acceptors (Lipinski definition) is 6. The highest BCUT2D eigenvalue weighted by Gasteiger charge is 2.16. The van der Waals surface area contributed by atoms with Crippen molar-refractivity contribution in [2.45, 2.75) is 6.92 Å². The van der Waals surface area contributed by atoms with Crippen molar-refractivity contribution in [1.29, 1.82) is 0 Å². The van der Waals surface area contributed by atoms with Gasteiger partial charge in [0, 0.05) is 5.56 Å². The quantitative estimate of drug-likeness (QED) is 0.782. The molecule has 0 saturated carbocycles. The number of hydrogen-bond donors (Lipinski definition) is 1. The van der Waals surface area contributed by atoms with E-state index in [0.29, 0.717) is 22.9 Å². The lowest BCUT2D eigenvalue weighted by Crippen LogP contribution is -1.98. The molecule has 2 aromatic heterocycles. The van der Waals surface area contributed by atoms with Gasteiger partial charge in [-0.15, -0.1) is 0 Å². The van der Waals surface area contributed by atoms with E-state index >= 15 is 0 Å². The number of nitrogens with zero attached hydrogens (tertiary/aromatic N) is 2. The number of anilines is 1. The van der Waals surface area contributed by atoms with Crippen LogP contribution in [0.25, 0.3) is 22.7 Å². The van der Waals surface area contributed by atoms with Crippen molar-refractivity contribution in [3.8, 4) is 34.2 Å². The van der Waals surface area contributed by atoms with Crippen LogP contribution in [0, 0.1) is 6.92 Å². The number of aromatic nitrogens is 2. The summed E-state index contributed by atoms with van der Waals surface area (Å²) in [5.74, 6) is 3.10. The van der Waals surface area contributed by atoms with Gasteiger partial charge in [-0.2, -0.15) is 0 Å². The van der Waals surface area contributed by atoms with Crippen molar-refractivity contribution in [3.63, 3.8) is 0 Å². The second kappa shape index (κ2) is 4.77. The van der Waals surface area contributed by atoms with Gasteiger partial charge >= 0.3 is 0 Å². The Morgan fingerprint density at radius 1 is 0.955 bits per heavy atom. The number of fused-ring (bicyclic) bond motifs is 1. The fourth-order valence-electron chi connectivity index (χ4n) is 2.37. The zero-order valence-electron chi connectivity index (χ0n) is 11.9. The lowest BCUT2D eigenvalue weighted by atomic mass is 10.1. The number of nitrogen functional groups attached to an aromatic ring is 1. The summed E-state index contributed by atoms with van der Waals surface area (Å²) in [7, 11) is 0. The van der Waals surface area contributed by atoms with Crippen molar-refractivity contribution >= 4 is 5.95 Å². The van der Waals surface area contributed by atoms with Gasteiger partial charge < -0.3 is 19.6 Å². The van der Waals surface area contributed by atoms with Crippen LogP contribution in [0.15, 0.2) is 40.8 Å². The largest absolute Gasteiger partial charge is 0.460 e. The number of ether oxygens (including phenoxy) is 2. The minimum atomic E-state index is 0.194. The van der Waals surface area contributed by atoms with Gasteiger partial charge in [-0.1, -0.05) is 0 Å². The number of furan rings is 1. The van der Waals surface area contributed by atoms with Crippen molar-refractivity contribution in [2.75, 3.05) is 12.5 Å². The van der Waals surface area contributed by atoms with Crippen LogP contribution in [0.5, 0.6) is 11.5 Å². The molecule has 0 aliphatic carbocycles. The Balaban J connectivity index is 1.80. The SMILES string of the molecule is Cc1ccc(-c2cc(-c3ccc4c(c3)OCO4)nc(N)n2)o1. The van der Waals surface area contributed by atoms with Crippen LogP contribution in [0.3, 0.4) is 0 Å². The van der Waals surface area contributed by atoms with Crippen molar-refractivity contribution in [1.82, 2.24) is 9.97 Å². The van der Waals surface area contributed by atoms with Gasteiger partial charge in [-0.25, -0.2) is 9.97 Å². The molecule has 22 heavy (non-hydrogen) atoms. The Hall–Kier alpha value is -3.02. The average Bonchev–Trinajstić information content (AvgIpc) is 3.14. The lowest BCUT2D eigenvalue weighted by molar-refractivity contribution is 0.174. The van der Waals surface area contributed by atoms with Gasteiger partial charge in [0.25, 0.3) is 0 Å². The third-order valence-electron chi connectivity index (χ3n) is 3.40. The second-order valence-corrected chi connectivity index (χ2v) is 4.97. The molecule has 0 unspecified atom stereocenters. The Morgan fingerprint density at radius 2 is 1.77 bits per heavy atom. The Morgan fingerprint density at radius 3 is 2.59 bits per heavy atom. The molecule has 3 aromatic rings. The summed E-state index contributed by atoms with van der Waals surface area (Å²) in [5, 5.41) is 0. The smallest absolute Gasteiger partial charge is 0.231 e. The zero-order chi connectivity index (χ0) is 15.1. The summed E-state index contributed by atoms with van der Waals surface area (Å²) in [5.41, 5.74) is 8.06. The summed E-state index contributed by atoms with van der Waals surface area (Å²) < 4.78 is 16.3. The fraction of sp³-hybridized carbons (Fsp3) is 0.125. The third-order valence-corrected chi connectivity index (χ3v) is 3.40. The highest BCUT2D eigenvalue weighted by Crippen LogP contribution is 2.36. The highest BCUT2D eigenvalue weighted by atomic mass is 16.7. The molecule has 3 heterocycles. The number of nitrogens with two attached hydrogens (primary N) is 1. The van der Waals surface area contributed by atoms with E-state index in [0.717, 1.165) is 17.1 Å². The van der Waals surface area contributed by atoms with E-state index in [1.54, 1.807) is 0 Å². The molecule has 0 radical (unpaired) electrons. The van der Waals surface area contributed by atoms with Gasteiger partial charge in [0.15, 0.2) is 17.3 Å². The fourth-order valence-corrected chi connectivity index (χ4v) is 2.37. The second-order valence-electron chi connectivity index (χ2n) is 4.97. The first-order chi connectivity index (χ1) is 10.7. The van der Waals surface area contributed by atoms with E-state index in [1.165, 1.54) is 0 Å². The molecule has 110 valence electrons. The zero-order valence-corrected chi connectivity index (χ0v) is 11.9. The summed E-state index contributed by atoms with van der Waals surface area (Å²) >= 11 is 0. The van der Waals surface area contributed by atoms with E-state index in [1.807, 2.05) is 43.3 Å². The van der Waals surface area contributed by atoms with Crippen LogP contribution in [0.2, 0.25) is 0 Å². The first-order valence-electron chi connectivity index (χ1n) is 6.80. The third kappa shape index (κ3) is 2.14. The first kappa shape index (κ1) is 12.7. The summed E-state index contributed by atoms with van der Waals surface area (Å²) in [6, 6.07) is 11.2. The van der Waals surface area contributed by atoms with E-state index < -0.39 is 0 Å². The van der Waals surface area contributed by atoms with Crippen molar-refractivity contribution in [2.24, 2.45) is 0 Å². The minimum Gasteiger partial charge on any atom is -0.460 e.